The summed E-state index contributed by atoms with van der Waals surface area (Å²) in [6.45, 7) is 8.28. The van der Waals surface area contributed by atoms with Gasteiger partial charge in [0.1, 0.15) is 11.9 Å². The van der Waals surface area contributed by atoms with Crippen LogP contribution in [0.4, 0.5) is 0 Å². The standard InChI is InChI=1S/C19H25NO/c1-4-12-20-14-18-13-15(2)10-11-19(18)21-16(3)17-8-6-5-7-9-17/h5-11,13,16,20H,4,12,14H2,1-3H3. The maximum absolute atomic E-state index is 6.18. The van der Waals surface area contributed by atoms with Gasteiger partial charge in [0, 0.05) is 12.1 Å². The second-order valence-corrected chi connectivity index (χ2v) is 5.46. The van der Waals surface area contributed by atoms with Crippen molar-refractivity contribution in [3.8, 4) is 5.75 Å². The van der Waals surface area contributed by atoms with Gasteiger partial charge in [0.05, 0.1) is 0 Å². The summed E-state index contributed by atoms with van der Waals surface area (Å²) >= 11 is 0. The van der Waals surface area contributed by atoms with Crippen molar-refractivity contribution in [2.24, 2.45) is 0 Å². The molecule has 0 amide bonds. The summed E-state index contributed by atoms with van der Waals surface area (Å²) in [7, 11) is 0. The molecule has 2 nitrogen and oxygen atoms in total. The first-order chi connectivity index (χ1) is 10.2. The van der Waals surface area contributed by atoms with Crippen LogP contribution in [0.1, 0.15) is 43.1 Å². The third-order valence-corrected chi connectivity index (χ3v) is 3.53. The second-order valence-electron chi connectivity index (χ2n) is 5.46. The van der Waals surface area contributed by atoms with E-state index >= 15 is 0 Å². The van der Waals surface area contributed by atoms with Gasteiger partial charge < -0.3 is 10.1 Å². The molecule has 0 fully saturated rings. The van der Waals surface area contributed by atoms with Crippen molar-refractivity contribution in [1.29, 1.82) is 0 Å². The van der Waals surface area contributed by atoms with E-state index in [2.05, 4.69) is 56.4 Å². The predicted octanol–water partition coefficient (Wildman–Crippen LogP) is 4.63. The minimum atomic E-state index is 0.0545. The van der Waals surface area contributed by atoms with E-state index < -0.39 is 0 Å². The van der Waals surface area contributed by atoms with E-state index in [0.717, 1.165) is 25.3 Å². The van der Waals surface area contributed by atoms with Gasteiger partial charge in [-0.3, -0.25) is 0 Å². The second kappa shape index (κ2) is 7.84. The summed E-state index contributed by atoms with van der Waals surface area (Å²) in [5, 5.41) is 3.45. The van der Waals surface area contributed by atoms with Crippen LogP contribution in [-0.2, 0) is 6.54 Å². The molecule has 1 atom stereocenters. The molecule has 0 saturated heterocycles. The summed E-state index contributed by atoms with van der Waals surface area (Å²) in [6, 6.07) is 16.7. The van der Waals surface area contributed by atoms with Gasteiger partial charge in [-0.05, 0) is 38.4 Å². The molecule has 112 valence electrons. The molecule has 2 aromatic carbocycles. The van der Waals surface area contributed by atoms with E-state index in [4.69, 9.17) is 4.74 Å². The van der Waals surface area contributed by atoms with Gasteiger partial charge in [0.25, 0.3) is 0 Å². The van der Waals surface area contributed by atoms with Crippen LogP contribution in [0, 0.1) is 6.92 Å². The zero-order valence-corrected chi connectivity index (χ0v) is 13.2. The van der Waals surface area contributed by atoms with E-state index in [1.54, 1.807) is 0 Å². The first kappa shape index (κ1) is 15.6. The Kier molecular flexibility index (Phi) is 5.82. The van der Waals surface area contributed by atoms with Crippen LogP contribution >= 0.6 is 0 Å². The predicted molar refractivity (Wildman–Crippen MR) is 88.7 cm³/mol. The number of hydrogen-bond acceptors (Lipinski definition) is 2. The minimum Gasteiger partial charge on any atom is -0.486 e. The Morgan fingerprint density at radius 1 is 1.10 bits per heavy atom. The van der Waals surface area contributed by atoms with Crippen molar-refractivity contribution in [1.82, 2.24) is 5.32 Å². The molecule has 2 aromatic rings. The van der Waals surface area contributed by atoms with Crippen LogP contribution in [0.5, 0.6) is 5.75 Å². The van der Waals surface area contributed by atoms with Gasteiger partial charge in [-0.2, -0.15) is 0 Å². The molecular weight excluding hydrogens is 258 g/mol. The fourth-order valence-corrected chi connectivity index (χ4v) is 2.34. The van der Waals surface area contributed by atoms with Gasteiger partial charge in [-0.1, -0.05) is 55.0 Å². The molecule has 0 saturated carbocycles. The third-order valence-electron chi connectivity index (χ3n) is 3.53. The Balaban J connectivity index is 2.11. The Morgan fingerprint density at radius 3 is 2.57 bits per heavy atom. The van der Waals surface area contributed by atoms with E-state index in [0.29, 0.717) is 0 Å². The van der Waals surface area contributed by atoms with Crippen LogP contribution < -0.4 is 10.1 Å². The average Bonchev–Trinajstić information content (AvgIpc) is 2.51. The third kappa shape index (κ3) is 4.61. The molecule has 0 spiro atoms. The summed E-state index contributed by atoms with van der Waals surface area (Å²) < 4.78 is 6.18. The van der Waals surface area contributed by atoms with Crippen LogP contribution in [-0.4, -0.2) is 6.54 Å². The maximum Gasteiger partial charge on any atom is 0.124 e. The Labute approximate surface area is 128 Å². The van der Waals surface area contributed by atoms with Crippen molar-refractivity contribution in [2.75, 3.05) is 6.54 Å². The van der Waals surface area contributed by atoms with Gasteiger partial charge in [0.15, 0.2) is 0 Å². The van der Waals surface area contributed by atoms with Crippen LogP contribution in [0.3, 0.4) is 0 Å². The number of ether oxygens (including phenoxy) is 1. The van der Waals surface area contributed by atoms with Crippen LogP contribution in [0.15, 0.2) is 48.5 Å². The smallest absolute Gasteiger partial charge is 0.124 e. The van der Waals surface area contributed by atoms with Gasteiger partial charge in [-0.25, -0.2) is 0 Å². The highest BCUT2D eigenvalue weighted by Crippen LogP contribution is 2.26. The number of aryl methyl sites for hydroxylation is 1. The monoisotopic (exact) mass is 283 g/mol. The average molecular weight is 283 g/mol. The quantitative estimate of drug-likeness (QED) is 0.748. The zero-order valence-electron chi connectivity index (χ0n) is 13.2. The highest BCUT2D eigenvalue weighted by atomic mass is 16.5. The van der Waals surface area contributed by atoms with Gasteiger partial charge in [0.2, 0.25) is 0 Å². The van der Waals surface area contributed by atoms with Gasteiger partial charge in [-0.15, -0.1) is 0 Å². The number of benzene rings is 2. The lowest BCUT2D eigenvalue weighted by molar-refractivity contribution is 0.224. The summed E-state index contributed by atoms with van der Waals surface area (Å²) in [5.74, 6) is 0.973. The highest BCUT2D eigenvalue weighted by molar-refractivity contribution is 5.37. The normalized spacial score (nSPS) is 12.1. The summed E-state index contributed by atoms with van der Waals surface area (Å²) in [5.41, 5.74) is 3.69. The van der Waals surface area contributed by atoms with Crippen molar-refractivity contribution < 1.29 is 4.74 Å². The molecule has 0 radical (unpaired) electrons. The Morgan fingerprint density at radius 2 is 1.86 bits per heavy atom. The highest BCUT2D eigenvalue weighted by Gasteiger charge is 2.10. The topological polar surface area (TPSA) is 21.3 Å². The fourth-order valence-electron chi connectivity index (χ4n) is 2.34. The molecule has 0 heterocycles. The largest absolute Gasteiger partial charge is 0.486 e. The van der Waals surface area contributed by atoms with E-state index in [1.807, 2.05) is 18.2 Å². The molecular formula is C19H25NO. The lowest BCUT2D eigenvalue weighted by atomic mass is 10.1. The van der Waals surface area contributed by atoms with Crippen LogP contribution in [0.25, 0.3) is 0 Å². The maximum atomic E-state index is 6.18. The fraction of sp³-hybridized carbons (Fsp3) is 0.368. The van der Waals surface area contributed by atoms with Crippen LogP contribution in [0.2, 0.25) is 0 Å². The number of nitrogens with one attached hydrogen (secondary N) is 1. The van der Waals surface area contributed by atoms with E-state index in [-0.39, 0.29) is 6.10 Å². The first-order valence-electron chi connectivity index (χ1n) is 7.72. The summed E-state index contributed by atoms with van der Waals surface area (Å²) in [6.07, 6.45) is 1.20. The summed E-state index contributed by atoms with van der Waals surface area (Å²) in [4.78, 5) is 0. The Hall–Kier alpha value is -1.80. The van der Waals surface area contributed by atoms with Crippen molar-refractivity contribution in [3.63, 3.8) is 0 Å². The Bertz CT molecular complexity index is 551. The molecule has 0 bridgehead atoms. The van der Waals surface area contributed by atoms with E-state index in [1.165, 1.54) is 16.7 Å². The molecule has 0 aliphatic rings. The molecule has 21 heavy (non-hydrogen) atoms. The SMILES string of the molecule is CCCNCc1cc(C)ccc1OC(C)c1ccccc1. The van der Waals surface area contributed by atoms with E-state index in [9.17, 15) is 0 Å². The van der Waals surface area contributed by atoms with Crippen molar-refractivity contribution in [2.45, 2.75) is 39.8 Å². The molecule has 0 aliphatic heterocycles. The molecule has 1 N–H and O–H groups in total. The zero-order chi connectivity index (χ0) is 15.1. The first-order valence-corrected chi connectivity index (χ1v) is 7.72. The van der Waals surface area contributed by atoms with Crippen molar-refractivity contribution in [3.05, 3.63) is 65.2 Å². The number of rotatable bonds is 7. The molecule has 0 aliphatic carbocycles. The molecule has 1 unspecified atom stereocenters. The minimum absolute atomic E-state index is 0.0545. The van der Waals surface area contributed by atoms with Gasteiger partial charge >= 0.3 is 0 Å². The molecule has 2 rings (SSSR count). The molecule has 2 heteroatoms. The number of hydrogen-bond donors (Lipinski definition) is 1. The molecule has 0 aromatic heterocycles. The lowest BCUT2D eigenvalue weighted by Crippen LogP contribution is -2.15. The lowest BCUT2D eigenvalue weighted by Gasteiger charge is -2.18. The van der Waals surface area contributed by atoms with Crippen molar-refractivity contribution >= 4 is 0 Å².